The van der Waals surface area contributed by atoms with Crippen LogP contribution in [0, 0.1) is 34.6 Å². The summed E-state index contributed by atoms with van der Waals surface area (Å²) >= 11 is 0. The van der Waals surface area contributed by atoms with Gasteiger partial charge in [0.2, 0.25) is 17.7 Å². The van der Waals surface area contributed by atoms with E-state index < -0.39 is 70.9 Å². The summed E-state index contributed by atoms with van der Waals surface area (Å²) in [6.45, 7) is 8.67. The molecule has 0 aliphatic carbocycles. The number of methoxy groups -OCH3 is 5. The van der Waals surface area contributed by atoms with Gasteiger partial charge in [0.25, 0.3) is 5.89 Å². The zero-order valence-corrected chi connectivity index (χ0v) is 79.6. The average molecular weight is 2030 g/mol. The molecule has 0 spiro atoms. The van der Waals surface area contributed by atoms with E-state index >= 15 is 0 Å². The molecular weight excluding hydrogens is 1930 g/mol. The highest BCUT2D eigenvalue weighted by molar-refractivity contribution is 7.90. The molecule has 0 saturated heterocycles. The van der Waals surface area contributed by atoms with Gasteiger partial charge in [-0.25, -0.2) is 60.7 Å². The first-order chi connectivity index (χ1) is 68.9. The quantitative estimate of drug-likeness (QED) is 0.0171. The van der Waals surface area contributed by atoms with E-state index in [-0.39, 0.29) is 110 Å². The summed E-state index contributed by atoms with van der Waals surface area (Å²) in [4.78, 5) is 59.5. The Labute approximate surface area is 817 Å². The summed E-state index contributed by atoms with van der Waals surface area (Å²) in [5, 5.41) is 47.1. The second-order valence-corrected chi connectivity index (χ2v) is 33.4. The van der Waals surface area contributed by atoms with Crippen molar-refractivity contribution in [3.8, 4) is 69.0 Å². The van der Waals surface area contributed by atoms with E-state index in [1.54, 1.807) is 110 Å². The third-order valence-corrected chi connectivity index (χ3v) is 22.2. The fourth-order valence-corrected chi connectivity index (χ4v) is 15.8. The van der Waals surface area contributed by atoms with Gasteiger partial charge in [-0.15, -0.1) is 59.9 Å². The Bertz CT molecular complexity index is 6820. The molecule has 0 bridgehead atoms. The molecule has 7 heterocycles. The first-order valence-electron chi connectivity index (χ1n) is 43.5. The molecule has 760 valence electrons. The standard InChI is InChI=1S/C26H25F3N6O4.C25H28N6O4.C23H24F4N4O4.C22H21F3N4O5S/c1-16-22(19-13-31-25(38-3)32-14-19)34-35(20-7-5-4-6-8-20)23(16)33-24(36)30-12-18-11-17(15-37-2)9-10-21(18)39-26(27,28)29;1-16-10-11-19(14-33-4)12-20(16)13-26-25(32)27-23-17(2)24(34-15-22-29-28-18(3)35-22)30-31(23)21-8-6-5-7-9-21;1-15-20(31(18-6-4-3-5-7-18)30-21(15)34-11-10-24)29-22(32)28-13-17-12-16(14-33-2)8-9-19(17)35-23(25,26)27;1-33-11-14-7-8-19(34-22(23,24)25)15(9-14)10-26-21(30)27-20-17-12-35(31,32)13-18(17)28-29(20)16-5-3-2-4-6-16/h4-11,13-14H,12,15H2,1-3H3,(H2,30,33,36);5-12H,13-15H2,1-4H3,(H2,26,27,32);3-9,12H,10-11,13-14H2,1-2H3,(H2,28,29,32);2-9H,10-13H2,1H3,(H2,26,27,30). The molecule has 144 heavy (non-hydrogen) atoms. The van der Waals surface area contributed by atoms with Gasteiger partial charge in [0.1, 0.15) is 59.5 Å². The van der Waals surface area contributed by atoms with E-state index in [0.717, 1.165) is 28.4 Å². The fraction of sp³-hybridized carbons (Fsp3) is 0.271. The van der Waals surface area contributed by atoms with Crippen molar-refractivity contribution < 1.29 is 123 Å². The lowest BCUT2D eigenvalue weighted by molar-refractivity contribution is -0.275. The van der Waals surface area contributed by atoms with E-state index in [0.29, 0.717) is 115 Å². The van der Waals surface area contributed by atoms with Crippen LogP contribution in [0.2, 0.25) is 0 Å². The van der Waals surface area contributed by atoms with Gasteiger partial charge in [-0.2, -0.15) is 10.2 Å². The fourth-order valence-electron chi connectivity index (χ4n) is 14.3. The number of benzene rings is 8. The van der Waals surface area contributed by atoms with Crippen molar-refractivity contribution >= 4 is 57.2 Å². The highest BCUT2D eigenvalue weighted by Crippen LogP contribution is 2.38. The number of carbonyl (C=O) groups excluding carboxylic acids is 4. The predicted molar refractivity (Wildman–Crippen MR) is 504 cm³/mol. The summed E-state index contributed by atoms with van der Waals surface area (Å²) < 4.78 is 213. The predicted octanol–water partition coefficient (Wildman–Crippen LogP) is 17.8. The molecule has 0 unspecified atom stereocenters. The Morgan fingerprint density at radius 1 is 0.410 bits per heavy atom. The van der Waals surface area contributed by atoms with Crippen LogP contribution < -0.4 is 71.0 Å². The van der Waals surface area contributed by atoms with Gasteiger partial charge in [-0.05, 0) is 146 Å². The maximum absolute atomic E-state index is 13.0. The molecule has 0 atom stereocenters. The molecule has 0 radical (unpaired) electrons. The summed E-state index contributed by atoms with van der Waals surface area (Å²) in [6.07, 6.45) is -11.6. The van der Waals surface area contributed by atoms with Crippen molar-refractivity contribution in [2.75, 3.05) is 70.1 Å². The number of aryl methyl sites for hydroxylation is 2. The van der Waals surface area contributed by atoms with Gasteiger partial charge in [-0.3, -0.25) is 21.3 Å². The number of hydrogen-bond acceptors (Lipinski definition) is 25. The number of anilines is 4. The number of nitrogens with zero attached hydrogens (tertiary/aromatic N) is 12. The third kappa shape index (κ3) is 30.2. The molecule has 8 aromatic carbocycles. The third-order valence-electron chi connectivity index (χ3n) is 20.8. The van der Waals surface area contributed by atoms with E-state index in [9.17, 15) is 71.5 Å². The van der Waals surface area contributed by atoms with Crippen molar-refractivity contribution in [2.24, 2.45) is 0 Å². The van der Waals surface area contributed by atoms with Crippen LogP contribution in [0.25, 0.3) is 34.0 Å². The number of nitrogens with one attached hydrogen (secondary N) is 8. The highest BCUT2D eigenvalue weighted by Gasteiger charge is 2.37. The first kappa shape index (κ1) is 107. The minimum atomic E-state index is -4.91. The number of alkyl halides is 10. The number of urea groups is 4. The lowest BCUT2D eigenvalue weighted by Gasteiger charge is -2.16. The molecule has 1 aliphatic heterocycles. The molecule has 8 N–H and O–H groups in total. The number of para-hydroxylation sites is 4. The van der Waals surface area contributed by atoms with E-state index in [1.807, 2.05) is 92.7 Å². The van der Waals surface area contributed by atoms with Crippen molar-refractivity contribution in [3.63, 3.8) is 0 Å². The molecule has 6 aromatic heterocycles. The number of hydrogen-bond donors (Lipinski definition) is 8. The lowest BCUT2D eigenvalue weighted by Crippen LogP contribution is -2.30. The zero-order chi connectivity index (χ0) is 103. The first-order valence-corrected chi connectivity index (χ1v) is 45.4. The number of aromatic nitrogens is 12. The number of halogens is 10. The van der Waals surface area contributed by atoms with Crippen molar-refractivity contribution in [3.05, 3.63) is 296 Å². The summed E-state index contributed by atoms with van der Waals surface area (Å²) in [5.74, 6) is 0.701. The van der Waals surface area contributed by atoms with Crippen LogP contribution >= 0.6 is 0 Å². The number of fused-ring (bicyclic) bond motifs is 1. The van der Waals surface area contributed by atoms with Crippen LogP contribution in [0.5, 0.6) is 35.0 Å². The zero-order valence-electron chi connectivity index (χ0n) is 78.8. The van der Waals surface area contributed by atoms with E-state index in [1.165, 1.54) is 86.3 Å². The monoisotopic (exact) mass is 2020 g/mol. The van der Waals surface area contributed by atoms with Crippen LogP contribution in [0.15, 0.2) is 211 Å². The topological polar surface area (TPSA) is 427 Å². The maximum Gasteiger partial charge on any atom is 0.573 e. The Balaban J connectivity index is 0.000000171. The number of ether oxygens (including phenoxy) is 10. The summed E-state index contributed by atoms with van der Waals surface area (Å²) in [6, 6.07) is 52.2. The molecule has 15 rings (SSSR count). The number of carbonyl (C=O) groups is 4. The number of rotatable bonds is 35. The maximum atomic E-state index is 13.0. The normalized spacial score (nSPS) is 11.9. The smallest absolute Gasteiger partial charge is 0.474 e. The van der Waals surface area contributed by atoms with E-state index in [2.05, 4.69) is 97.3 Å². The number of amides is 8. The van der Waals surface area contributed by atoms with Gasteiger partial charge in [0.15, 0.2) is 16.4 Å². The number of sulfone groups is 1. The van der Waals surface area contributed by atoms with Crippen molar-refractivity contribution in [1.29, 1.82) is 0 Å². The van der Waals surface area contributed by atoms with Gasteiger partial charge in [-0.1, -0.05) is 109 Å². The van der Waals surface area contributed by atoms with Crippen LogP contribution in [-0.4, -0.2) is 160 Å². The molecule has 48 heteroatoms. The highest BCUT2D eigenvalue weighted by atomic mass is 32.2. The van der Waals surface area contributed by atoms with Gasteiger partial charge in [0.05, 0.1) is 84.6 Å². The average Bonchev–Trinajstić information content (AvgIpc) is 1.60. The Kier molecular flexibility index (Phi) is 36.5. The Morgan fingerprint density at radius 2 is 0.764 bits per heavy atom. The molecular formula is C96H98F10N20O17S. The largest absolute Gasteiger partial charge is 0.573 e. The Hall–Kier alpha value is -16.2. The second-order valence-electron chi connectivity index (χ2n) is 31.4. The van der Waals surface area contributed by atoms with Crippen molar-refractivity contribution in [2.45, 2.75) is 124 Å². The van der Waals surface area contributed by atoms with Crippen LogP contribution in [0.4, 0.5) is 86.4 Å². The van der Waals surface area contributed by atoms with Crippen LogP contribution in [0.3, 0.4) is 0 Å². The molecule has 14 aromatic rings. The SMILES string of the molecule is COCc1ccc(C)c(CNC(=O)Nc2c(C)c(OCc3nnc(C)o3)nn2-c2ccccc2)c1.COCc1ccc(OC(F)(F)F)c(CNC(=O)Nc2c(C)c(-c3cnc(OC)nc3)nn2-c2ccccc2)c1.COCc1ccc(OC(F)(F)F)c(CNC(=O)Nc2c(C)c(OCCF)nn2-c2ccccc2)c1.COCc1ccc(OC(F)(F)F)c(CNC(=O)Nc2c3c(nn2-c2ccccc2)CS(=O)(=O)C3)c1. The minimum absolute atomic E-state index is 0.0657. The Morgan fingerprint density at radius 3 is 1.13 bits per heavy atom. The molecule has 0 fully saturated rings. The van der Waals surface area contributed by atoms with Gasteiger partial charge >= 0.3 is 49.2 Å². The van der Waals surface area contributed by atoms with Crippen molar-refractivity contribution in [1.82, 2.24) is 80.6 Å². The molecule has 1 aliphatic rings. The molecule has 37 nitrogen and oxygen atoms in total. The minimum Gasteiger partial charge on any atom is -0.474 e. The van der Waals surface area contributed by atoms with Gasteiger partial charge in [0, 0.05) is 107 Å². The summed E-state index contributed by atoms with van der Waals surface area (Å²) in [5.41, 5.74) is 11.5. The summed E-state index contributed by atoms with van der Waals surface area (Å²) in [7, 11) is 4.09. The molecule has 8 amide bonds. The van der Waals surface area contributed by atoms with Gasteiger partial charge < -0.3 is 73.1 Å². The molecule has 0 saturated carbocycles. The lowest BCUT2D eigenvalue weighted by atomic mass is 10.1. The van der Waals surface area contributed by atoms with Crippen LogP contribution in [-0.2, 0) is 99.5 Å². The second kappa shape index (κ2) is 49.3. The van der Waals surface area contributed by atoms with E-state index in [4.69, 9.17) is 37.6 Å². The van der Waals surface area contributed by atoms with Crippen LogP contribution in [0.1, 0.15) is 89.8 Å².